The van der Waals surface area contributed by atoms with Gasteiger partial charge in [0.15, 0.2) is 0 Å². The van der Waals surface area contributed by atoms with Gasteiger partial charge in [-0.2, -0.15) is 4.98 Å². The summed E-state index contributed by atoms with van der Waals surface area (Å²) in [7, 11) is 4.90. The molecule has 2 saturated heterocycles. The van der Waals surface area contributed by atoms with Crippen molar-refractivity contribution in [2.24, 2.45) is 18.4 Å². The lowest BCUT2D eigenvalue weighted by atomic mass is 9.71. The monoisotopic (exact) mass is 428 g/mol. The summed E-state index contributed by atoms with van der Waals surface area (Å²) < 4.78 is 12.3. The van der Waals surface area contributed by atoms with E-state index in [-0.39, 0.29) is 34.9 Å². The highest BCUT2D eigenvalue weighted by Gasteiger charge is 2.58. The zero-order valence-corrected chi connectivity index (χ0v) is 18.5. The van der Waals surface area contributed by atoms with Crippen LogP contribution >= 0.6 is 0 Å². The van der Waals surface area contributed by atoms with E-state index in [9.17, 15) is 9.59 Å². The summed E-state index contributed by atoms with van der Waals surface area (Å²) in [5, 5.41) is 8.34. The van der Waals surface area contributed by atoms with Gasteiger partial charge in [0.05, 0.1) is 14.2 Å². The first-order chi connectivity index (χ1) is 14.8. The zero-order chi connectivity index (χ0) is 22.3. The summed E-state index contributed by atoms with van der Waals surface area (Å²) in [5.41, 5.74) is 0.148. The average molecular weight is 428 g/mol. The summed E-state index contributed by atoms with van der Waals surface area (Å²) in [6.07, 6.45) is 1.67. The second-order valence-corrected chi connectivity index (χ2v) is 8.66. The molecule has 2 aliphatic heterocycles. The van der Waals surface area contributed by atoms with Gasteiger partial charge in [-0.05, 0) is 6.07 Å². The van der Waals surface area contributed by atoms with E-state index in [1.54, 1.807) is 23.4 Å². The van der Waals surface area contributed by atoms with Crippen molar-refractivity contribution in [3.63, 3.8) is 0 Å². The second kappa shape index (κ2) is 7.82. The van der Waals surface area contributed by atoms with Gasteiger partial charge in [0.1, 0.15) is 17.7 Å². The normalized spacial score (nSPS) is 19.6. The highest BCUT2D eigenvalue weighted by Crippen LogP contribution is 2.49. The van der Waals surface area contributed by atoms with Gasteiger partial charge in [0.25, 0.3) is 5.91 Å². The molecule has 2 fully saturated rings. The van der Waals surface area contributed by atoms with Gasteiger partial charge in [-0.25, -0.2) is 0 Å². The Kier molecular flexibility index (Phi) is 5.32. The predicted octanol–water partition coefficient (Wildman–Crippen LogP) is 0.952. The summed E-state index contributed by atoms with van der Waals surface area (Å²) in [6.45, 7) is 6.05. The van der Waals surface area contributed by atoms with E-state index in [0.717, 1.165) is 5.82 Å². The van der Waals surface area contributed by atoms with Gasteiger partial charge in [-0.1, -0.05) is 13.8 Å². The number of hydrogen-bond donors (Lipinski definition) is 0. The van der Waals surface area contributed by atoms with Gasteiger partial charge in [-0.15, -0.1) is 10.2 Å². The lowest BCUT2D eigenvalue weighted by Gasteiger charge is -2.50. The molecule has 10 heteroatoms. The first kappa shape index (κ1) is 21.1. The van der Waals surface area contributed by atoms with Crippen LogP contribution in [0, 0.1) is 11.3 Å². The number of aryl methyl sites for hydroxylation is 1. The third kappa shape index (κ3) is 3.49. The van der Waals surface area contributed by atoms with Crippen molar-refractivity contribution in [1.82, 2.24) is 29.5 Å². The molecule has 10 nitrogen and oxygen atoms in total. The lowest BCUT2D eigenvalue weighted by molar-refractivity contribution is -0.134. The van der Waals surface area contributed by atoms with E-state index in [4.69, 9.17) is 9.47 Å². The number of carbonyl (C=O) groups is 2. The van der Waals surface area contributed by atoms with Crippen LogP contribution < -0.4 is 9.47 Å². The van der Waals surface area contributed by atoms with Crippen molar-refractivity contribution in [1.29, 1.82) is 0 Å². The number of carbonyl (C=O) groups excluding carboxylic acids is 2. The molecule has 0 aliphatic carbocycles. The van der Waals surface area contributed by atoms with Crippen LogP contribution in [0.25, 0.3) is 0 Å². The van der Waals surface area contributed by atoms with Gasteiger partial charge < -0.3 is 23.8 Å². The van der Waals surface area contributed by atoms with Crippen LogP contribution in [-0.2, 0) is 11.8 Å². The summed E-state index contributed by atoms with van der Waals surface area (Å²) in [4.78, 5) is 33.8. The molecule has 0 aromatic carbocycles. The number of ether oxygens (including phenoxy) is 2. The molecule has 2 amide bonds. The van der Waals surface area contributed by atoms with E-state index in [1.165, 1.54) is 14.2 Å². The minimum absolute atomic E-state index is 0.0163. The van der Waals surface area contributed by atoms with Gasteiger partial charge in [-0.3, -0.25) is 9.59 Å². The highest BCUT2D eigenvalue weighted by atomic mass is 16.5. The van der Waals surface area contributed by atoms with Crippen LogP contribution in [0.5, 0.6) is 11.8 Å². The Morgan fingerprint density at radius 2 is 1.84 bits per heavy atom. The molecule has 1 unspecified atom stereocenters. The van der Waals surface area contributed by atoms with Crippen molar-refractivity contribution < 1.29 is 19.1 Å². The molecule has 2 aliphatic rings. The van der Waals surface area contributed by atoms with Crippen molar-refractivity contribution in [2.45, 2.75) is 19.8 Å². The van der Waals surface area contributed by atoms with Crippen LogP contribution in [-0.4, -0.2) is 81.8 Å². The molecule has 2 aromatic rings. The number of methoxy groups -OCH3 is 2. The molecule has 1 atom stereocenters. The largest absolute Gasteiger partial charge is 0.481 e. The van der Waals surface area contributed by atoms with Crippen LogP contribution in [0.15, 0.2) is 18.5 Å². The minimum Gasteiger partial charge on any atom is -0.481 e. The Morgan fingerprint density at radius 1 is 1.13 bits per heavy atom. The van der Waals surface area contributed by atoms with Gasteiger partial charge >= 0.3 is 0 Å². The Balaban J connectivity index is 1.58. The zero-order valence-electron chi connectivity index (χ0n) is 18.5. The molecule has 4 rings (SSSR count). The van der Waals surface area contributed by atoms with Gasteiger partial charge in [0, 0.05) is 56.5 Å². The Labute approximate surface area is 181 Å². The van der Waals surface area contributed by atoms with Crippen molar-refractivity contribution in [3.8, 4) is 11.8 Å². The number of hydrogen-bond acceptors (Lipinski definition) is 7. The number of nitrogens with zero attached hydrogens (tertiary/aromatic N) is 6. The number of pyridine rings is 1. The third-order valence-electron chi connectivity index (χ3n) is 6.28. The van der Waals surface area contributed by atoms with Crippen LogP contribution in [0.3, 0.4) is 0 Å². The first-order valence-electron chi connectivity index (χ1n) is 10.3. The topological polar surface area (TPSA) is 103 Å². The van der Waals surface area contributed by atoms with Crippen molar-refractivity contribution in [2.75, 3.05) is 40.4 Å². The molecule has 0 saturated carbocycles. The highest BCUT2D eigenvalue weighted by molar-refractivity contribution is 5.97. The molecule has 1 spiro atoms. The fraction of sp³-hybridized carbons (Fsp3) is 0.571. The quantitative estimate of drug-likeness (QED) is 0.699. The minimum atomic E-state index is -0.242. The van der Waals surface area contributed by atoms with E-state index in [2.05, 4.69) is 15.2 Å². The molecule has 31 heavy (non-hydrogen) atoms. The molecule has 4 heterocycles. The van der Waals surface area contributed by atoms with E-state index in [1.807, 2.05) is 30.4 Å². The third-order valence-corrected chi connectivity index (χ3v) is 6.28. The number of aromatic nitrogens is 4. The maximum absolute atomic E-state index is 13.2. The van der Waals surface area contributed by atoms with Crippen LogP contribution in [0.4, 0.5) is 0 Å². The summed E-state index contributed by atoms with van der Waals surface area (Å²) >= 11 is 0. The predicted molar refractivity (Wildman–Crippen MR) is 111 cm³/mol. The molecule has 166 valence electrons. The molecular weight excluding hydrogens is 400 g/mol. The molecular formula is C21H28N6O4. The average Bonchev–Trinajstić information content (AvgIpc) is 3.34. The summed E-state index contributed by atoms with van der Waals surface area (Å²) in [6, 6.07) is 3.31. The van der Waals surface area contributed by atoms with Crippen LogP contribution in [0.1, 0.15) is 35.9 Å². The number of amides is 2. The summed E-state index contributed by atoms with van der Waals surface area (Å²) in [5.74, 6) is 1.37. The van der Waals surface area contributed by atoms with Crippen molar-refractivity contribution >= 4 is 11.8 Å². The van der Waals surface area contributed by atoms with Crippen LogP contribution in [0.2, 0.25) is 0 Å². The SMILES string of the molecule is COc1ccc(C(=O)N2CC3(C2)CN(C(=O)C(C)C)CC3c2nncn2C)c(OC)n1. The first-order valence-corrected chi connectivity index (χ1v) is 10.3. The number of likely N-dealkylation sites (tertiary alicyclic amines) is 2. The maximum atomic E-state index is 13.2. The smallest absolute Gasteiger partial charge is 0.259 e. The fourth-order valence-corrected chi connectivity index (χ4v) is 4.67. The van der Waals surface area contributed by atoms with E-state index in [0.29, 0.717) is 37.6 Å². The van der Waals surface area contributed by atoms with E-state index < -0.39 is 0 Å². The molecule has 2 aromatic heterocycles. The lowest BCUT2D eigenvalue weighted by Crippen LogP contribution is -2.62. The van der Waals surface area contributed by atoms with E-state index >= 15 is 0 Å². The standard InChI is InChI=1S/C21H28N6O4/c1-13(2)19(28)26-8-15(17-24-22-12-25(17)3)21(9-26)10-27(11-21)20(29)14-6-7-16(30-4)23-18(14)31-5/h6-7,12-13,15H,8-11H2,1-5H3. The second-order valence-electron chi connectivity index (χ2n) is 8.66. The fourth-order valence-electron chi connectivity index (χ4n) is 4.67. The van der Waals surface area contributed by atoms with Crippen molar-refractivity contribution in [3.05, 3.63) is 29.8 Å². The molecule has 0 bridgehead atoms. The molecule has 0 N–H and O–H groups in total. The molecule has 0 radical (unpaired) electrons. The number of rotatable bonds is 5. The Bertz CT molecular complexity index is 998. The Morgan fingerprint density at radius 3 is 2.42 bits per heavy atom. The maximum Gasteiger partial charge on any atom is 0.259 e. The Hall–Kier alpha value is -3.17. The van der Waals surface area contributed by atoms with Gasteiger partial charge in [0.2, 0.25) is 17.7 Å².